The molecule has 1 saturated heterocycles. The van der Waals surface area contributed by atoms with Gasteiger partial charge in [-0.05, 0) is 37.2 Å². The van der Waals surface area contributed by atoms with Gasteiger partial charge < -0.3 is 27.9 Å². The van der Waals surface area contributed by atoms with Crippen molar-refractivity contribution in [2.24, 2.45) is 0 Å². The summed E-state index contributed by atoms with van der Waals surface area (Å²) >= 11 is 0. The van der Waals surface area contributed by atoms with Gasteiger partial charge in [-0.25, -0.2) is 0 Å². The van der Waals surface area contributed by atoms with Crippen LogP contribution in [0.1, 0.15) is 12.5 Å². The topological polar surface area (TPSA) is 32.5 Å². The van der Waals surface area contributed by atoms with Crippen LogP contribution in [-0.4, -0.2) is 37.6 Å². The summed E-state index contributed by atoms with van der Waals surface area (Å²) in [7, 11) is 0. The number of benzene rings is 1. The van der Waals surface area contributed by atoms with Crippen molar-refractivity contribution in [1.29, 1.82) is 0 Å². The van der Waals surface area contributed by atoms with Crippen LogP contribution in [0.5, 0.6) is 0 Å². The summed E-state index contributed by atoms with van der Waals surface area (Å²) in [5.74, 6) is 0. The standard InChI is InChI=1S/C13H21N3.ClH/c1-3-15-6-8-16(9-7-15)13-5-4-12(14)10-11(13)2;/h4-5,10H,3,6-9,14H2,1-2H3;1H/p-1. The lowest BCUT2D eigenvalue weighted by molar-refractivity contribution is -0.00000343. The molecule has 1 fully saturated rings. The number of hydrogen-bond acceptors (Lipinski definition) is 3. The molecule has 0 saturated carbocycles. The second-order valence-electron chi connectivity index (χ2n) is 4.47. The van der Waals surface area contributed by atoms with Crippen molar-refractivity contribution in [3.8, 4) is 0 Å². The minimum absolute atomic E-state index is 0. The zero-order valence-electron chi connectivity index (χ0n) is 10.6. The van der Waals surface area contributed by atoms with Crippen LogP contribution in [0, 0.1) is 6.92 Å². The van der Waals surface area contributed by atoms with E-state index in [-0.39, 0.29) is 12.4 Å². The van der Waals surface area contributed by atoms with Crippen LogP contribution in [-0.2, 0) is 0 Å². The monoisotopic (exact) mass is 254 g/mol. The molecule has 2 rings (SSSR count). The molecule has 0 amide bonds. The Bertz CT molecular complexity index is 360. The Balaban J connectivity index is 0.00000144. The number of nitrogens with two attached hydrogens (primary N) is 1. The first-order valence-electron chi connectivity index (χ1n) is 6.04. The van der Waals surface area contributed by atoms with Gasteiger partial charge in [0.15, 0.2) is 0 Å². The van der Waals surface area contributed by atoms with E-state index in [1.165, 1.54) is 24.3 Å². The van der Waals surface area contributed by atoms with Crippen molar-refractivity contribution in [3.63, 3.8) is 0 Å². The molecule has 0 atom stereocenters. The predicted molar refractivity (Wildman–Crippen MR) is 69.9 cm³/mol. The summed E-state index contributed by atoms with van der Waals surface area (Å²) in [6.07, 6.45) is 0. The molecule has 0 aliphatic carbocycles. The third kappa shape index (κ3) is 3.27. The molecule has 0 radical (unpaired) electrons. The van der Waals surface area contributed by atoms with Gasteiger partial charge in [0.2, 0.25) is 0 Å². The first-order chi connectivity index (χ1) is 7.70. The Labute approximate surface area is 110 Å². The maximum absolute atomic E-state index is 5.77. The molecule has 2 N–H and O–H groups in total. The Kier molecular flexibility index (Phi) is 5.09. The lowest BCUT2D eigenvalue weighted by Crippen LogP contribution is -3.00. The molecule has 1 aliphatic rings. The fraction of sp³-hybridized carbons (Fsp3) is 0.538. The molecule has 4 heteroatoms. The van der Waals surface area contributed by atoms with E-state index in [1.54, 1.807) is 0 Å². The number of nitrogen functional groups attached to an aromatic ring is 1. The number of nitrogens with zero attached hydrogens (tertiary/aromatic N) is 2. The number of piperazine rings is 1. The predicted octanol–water partition coefficient (Wildman–Crippen LogP) is -1.28. The molecule has 0 spiro atoms. The van der Waals surface area contributed by atoms with Crippen LogP contribution >= 0.6 is 0 Å². The summed E-state index contributed by atoms with van der Waals surface area (Å²) < 4.78 is 0. The summed E-state index contributed by atoms with van der Waals surface area (Å²) in [4.78, 5) is 4.95. The number of likely N-dealkylation sites (N-methyl/N-ethyl adjacent to an activating group) is 1. The van der Waals surface area contributed by atoms with Crippen LogP contribution < -0.4 is 23.0 Å². The molecule has 17 heavy (non-hydrogen) atoms. The highest BCUT2D eigenvalue weighted by atomic mass is 35.5. The zero-order chi connectivity index (χ0) is 11.5. The highest BCUT2D eigenvalue weighted by Gasteiger charge is 2.16. The van der Waals surface area contributed by atoms with E-state index in [9.17, 15) is 0 Å². The Morgan fingerprint density at radius 1 is 1.18 bits per heavy atom. The maximum Gasteiger partial charge on any atom is 0.0398 e. The van der Waals surface area contributed by atoms with E-state index in [1.807, 2.05) is 6.07 Å². The van der Waals surface area contributed by atoms with Gasteiger partial charge in [-0.1, -0.05) is 6.92 Å². The number of hydrogen-bond donors (Lipinski definition) is 1. The number of aryl methyl sites for hydroxylation is 1. The highest BCUT2D eigenvalue weighted by Crippen LogP contribution is 2.23. The molecule has 1 aliphatic heterocycles. The van der Waals surface area contributed by atoms with Crippen molar-refractivity contribution in [2.75, 3.05) is 43.4 Å². The van der Waals surface area contributed by atoms with E-state index in [2.05, 4.69) is 35.8 Å². The molecule has 1 aromatic rings. The average molecular weight is 255 g/mol. The van der Waals surface area contributed by atoms with Gasteiger partial charge in [-0.15, -0.1) is 0 Å². The summed E-state index contributed by atoms with van der Waals surface area (Å²) in [5.41, 5.74) is 9.25. The van der Waals surface area contributed by atoms with Crippen LogP contribution in [0.15, 0.2) is 18.2 Å². The highest BCUT2D eigenvalue weighted by molar-refractivity contribution is 5.59. The van der Waals surface area contributed by atoms with E-state index >= 15 is 0 Å². The summed E-state index contributed by atoms with van der Waals surface area (Å²) in [6.45, 7) is 10.1. The molecule has 1 heterocycles. The van der Waals surface area contributed by atoms with Gasteiger partial charge in [-0.2, -0.15) is 0 Å². The lowest BCUT2D eigenvalue weighted by atomic mass is 10.1. The molecular formula is C13H21ClN3-. The molecule has 1 aromatic carbocycles. The number of halogens is 1. The van der Waals surface area contributed by atoms with Crippen molar-refractivity contribution in [1.82, 2.24) is 4.90 Å². The first-order valence-corrected chi connectivity index (χ1v) is 6.04. The Morgan fingerprint density at radius 2 is 1.82 bits per heavy atom. The quantitative estimate of drug-likeness (QED) is 0.668. The maximum atomic E-state index is 5.77. The normalized spacial score (nSPS) is 16.7. The Hall–Kier alpha value is -0.930. The Morgan fingerprint density at radius 3 is 2.35 bits per heavy atom. The molecular weight excluding hydrogens is 234 g/mol. The minimum atomic E-state index is 0. The van der Waals surface area contributed by atoms with Crippen molar-refractivity contribution in [3.05, 3.63) is 23.8 Å². The average Bonchev–Trinajstić information content (AvgIpc) is 2.29. The molecule has 96 valence electrons. The van der Waals surface area contributed by atoms with E-state index in [4.69, 9.17) is 5.73 Å². The third-order valence-electron chi connectivity index (χ3n) is 3.38. The minimum Gasteiger partial charge on any atom is -1.00 e. The first kappa shape index (κ1) is 14.1. The van der Waals surface area contributed by atoms with E-state index in [0.29, 0.717) is 0 Å². The third-order valence-corrected chi connectivity index (χ3v) is 3.38. The molecule has 3 nitrogen and oxygen atoms in total. The molecule has 0 bridgehead atoms. The van der Waals surface area contributed by atoms with Gasteiger partial charge in [0.05, 0.1) is 0 Å². The SMILES string of the molecule is CCN1CCN(c2ccc(N)cc2C)CC1.[Cl-]. The molecule has 0 aromatic heterocycles. The van der Waals surface area contributed by atoms with Gasteiger partial charge in [-0.3, -0.25) is 0 Å². The second-order valence-corrected chi connectivity index (χ2v) is 4.47. The van der Waals surface area contributed by atoms with E-state index < -0.39 is 0 Å². The fourth-order valence-electron chi connectivity index (χ4n) is 2.34. The smallest absolute Gasteiger partial charge is 0.0398 e. The number of rotatable bonds is 2. The molecule has 0 unspecified atom stereocenters. The largest absolute Gasteiger partial charge is 1.00 e. The lowest BCUT2D eigenvalue weighted by Gasteiger charge is -2.36. The van der Waals surface area contributed by atoms with Crippen LogP contribution in [0.4, 0.5) is 11.4 Å². The van der Waals surface area contributed by atoms with Crippen molar-refractivity contribution < 1.29 is 12.4 Å². The second kappa shape index (κ2) is 6.12. The van der Waals surface area contributed by atoms with Crippen molar-refractivity contribution >= 4 is 11.4 Å². The number of anilines is 2. The van der Waals surface area contributed by atoms with Crippen LogP contribution in [0.3, 0.4) is 0 Å². The van der Waals surface area contributed by atoms with Gasteiger partial charge in [0.25, 0.3) is 0 Å². The van der Waals surface area contributed by atoms with Crippen molar-refractivity contribution in [2.45, 2.75) is 13.8 Å². The van der Waals surface area contributed by atoms with Gasteiger partial charge in [0.1, 0.15) is 0 Å². The van der Waals surface area contributed by atoms with Gasteiger partial charge >= 0.3 is 0 Å². The fourth-order valence-corrected chi connectivity index (χ4v) is 2.34. The van der Waals surface area contributed by atoms with Gasteiger partial charge in [0, 0.05) is 37.6 Å². The summed E-state index contributed by atoms with van der Waals surface area (Å²) in [6, 6.07) is 6.20. The van der Waals surface area contributed by atoms with E-state index in [0.717, 1.165) is 25.3 Å². The van der Waals surface area contributed by atoms with Crippen LogP contribution in [0.2, 0.25) is 0 Å². The van der Waals surface area contributed by atoms with Crippen LogP contribution in [0.25, 0.3) is 0 Å². The zero-order valence-corrected chi connectivity index (χ0v) is 11.4. The summed E-state index contributed by atoms with van der Waals surface area (Å²) in [5, 5.41) is 0.